The first-order chi connectivity index (χ1) is 8.99. The van der Waals surface area contributed by atoms with Gasteiger partial charge in [0.1, 0.15) is 0 Å². The summed E-state index contributed by atoms with van der Waals surface area (Å²) in [7, 11) is 0. The van der Waals surface area contributed by atoms with Crippen molar-refractivity contribution < 1.29 is 4.79 Å². The van der Waals surface area contributed by atoms with Crippen LogP contribution in [0.3, 0.4) is 0 Å². The summed E-state index contributed by atoms with van der Waals surface area (Å²) in [4.78, 5) is 14.4. The maximum atomic E-state index is 11.9. The highest BCUT2D eigenvalue weighted by Gasteiger charge is 2.18. The van der Waals surface area contributed by atoms with Crippen LogP contribution in [0.1, 0.15) is 47.0 Å². The molecule has 1 fully saturated rings. The van der Waals surface area contributed by atoms with Crippen molar-refractivity contribution in [2.24, 2.45) is 5.92 Å². The van der Waals surface area contributed by atoms with E-state index in [-0.39, 0.29) is 11.9 Å². The lowest BCUT2D eigenvalue weighted by Gasteiger charge is -2.24. The van der Waals surface area contributed by atoms with Crippen molar-refractivity contribution in [3.63, 3.8) is 0 Å². The highest BCUT2D eigenvalue weighted by Crippen LogP contribution is 2.07. The number of likely N-dealkylation sites (tertiary alicyclic amines) is 1. The van der Waals surface area contributed by atoms with Gasteiger partial charge in [0.25, 0.3) is 0 Å². The van der Waals surface area contributed by atoms with E-state index in [2.05, 4.69) is 36.3 Å². The van der Waals surface area contributed by atoms with Crippen LogP contribution in [0.5, 0.6) is 0 Å². The molecule has 1 saturated heterocycles. The lowest BCUT2D eigenvalue weighted by atomic mass is 10.1. The number of carbonyl (C=O) groups is 1. The van der Waals surface area contributed by atoms with Gasteiger partial charge in [0.2, 0.25) is 5.91 Å². The van der Waals surface area contributed by atoms with Gasteiger partial charge >= 0.3 is 0 Å². The summed E-state index contributed by atoms with van der Waals surface area (Å²) < 4.78 is 0. The topological polar surface area (TPSA) is 44.4 Å². The molecule has 1 aliphatic heterocycles. The summed E-state index contributed by atoms with van der Waals surface area (Å²) in [5.41, 5.74) is 0. The fraction of sp³-hybridized carbons (Fsp3) is 0.933. The lowest BCUT2D eigenvalue weighted by molar-refractivity contribution is -0.123. The van der Waals surface area contributed by atoms with Gasteiger partial charge in [-0.05, 0) is 52.1 Å². The van der Waals surface area contributed by atoms with Crippen LogP contribution in [-0.4, -0.2) is 49.1 Å². The second-order valence-corrected chi connectivity index (χ2v) is 6.27. The van der Waals surface area contributed by atoms with Crippen molar-refractivity contribution in [2.45, 2.75) is 59.0 Å². The minimum Gasteiger partial charge on any atom is -0.355 e. The number of nitrogens with zero attached hydrogens (tertiary/aromatic N) is 1. The third-order valence-corrected chi connectivity index (χ3v) is 3.68. The van der Waals surface area contributed by atoms with E-state index in [9.17, 15) is 4.79 Å². The Labute approximate surface area is 118 Å². The second kappa shape index (κ2) is 8.54. The van der Waals surface area contributed by atoms with Crippen LogP contribution in [0.25, 0.3) is 0 Å². The van der Waals surface area contributed by atoms with E-state index in [1.807, 2.05) is 6.92 Å². The van der Waals surface area contributed by atoms with E-state index in [4.69, 9.17) is 0 Å². The largest absolute Gasteiger partial charge is 0.355 e. The van der Waals surface area contributed by atoms with Gasteiger partial charge in [0.15, 0.2) is 0 Å². The molecule has 0 aromatic rings. The van der Waals surface area contributed by atoms with Crippen molar-refractivity contribution in [3.8, 4) is 0 Å². The van der Waals surface area contributed by atoms with Crippen LogP contribution in [0.4, 0.5) is 0 Å². The Morgan fingerprint density at radius 3 is 2.37 bits per heavy atom. The van der Waals surface area contributed by atoms with Gasteiger partial charge in [-0.1, -0.05) is 13.8 Å². The van der Waals surface area contributed by atoms with Crippen LogP contribution >= 0.6 is 0 Å². The molecule has 0 aromatic heterocycles. The van der Waals surface area contributed by atoms with Crippen LogP contribution in [0.2, 0.25) is 0 Å². The molecule has 0 saturated carbocycles. The van der Waals surface area contributed by atoms with Gasteiger partial charge in [0, 0.05) is 19.1 Å². The van der Waals surface area contributed by atoms with Crippen LogP contribution in [0.15, 0.2) is 0 Å². The number of amides is 1. The molecule has 112 valence electrons. The van der Waals surface area contributed by atoms with E-state index >= 15 is 0 Å². The predicted octanol–water partition coefficient (Wildman–Crippen LogP) is 1.61. The molecule has 4 heteroatoms. The molecule has 0 aromatic carbocycles. The highest BCUT2D eigenvalue weighted by molar-refractivity contribution is 5.81. The van der Waals surface area contributed by atoms with Gasteiger partial charge in [-0.15, -0.1) is 0 Å². The van der Waals surface area contributed by atoms with E-state index in [1.54, 1.807) is 0 Å². The number of nitrogens with one attached hydrogen (secondary N) is 2. The van der Waals surface area contributed by atoms with Crippen molar-refractivity contribution in [2.75, 3.05) is 26.2 Å². The van der Waals surface area contributed by atoms with Gasteiger partial charge in [-0.2, -0.15) is 0 Å². The molecule has 0 spiro atoms. The van der Waals surface area contributed by atoms with Crippen molar-refractivity contribution in [1.82, 2.24) is 15.5 Å². The smallest absolute Gasteiger partial charge is 0.236 e. The van der Waals surface area contributed by atoms with E-state index in [0.29, 0.717) is 12.0 Å². The predicted molar refractivity (Wildman–Crippen MR) is 80.2 cm³/mol. The quantitative estimate of drug-likeness (QED) is 0.704. The monoisotopic (exact) mass is 269 g/mol. The number of carbonyl (C=O) groups excluding carboxylic acids is 1. The maximum Gasteiger partial charge on any atom is 0.236 e. The molecule has 0 bridgehead atoms. The average molecular weight is 269 g/mol. The Balaban J connectivity index is 2.16. The Morgan fingerprint density at radius 1 is 1.16 bits per heavy atom. The molecule has 19 heavy (non-hydrogen) atoms. The molecular weight excluding hydrogens is 238 g/mol. The third-order valence-electron chi connectivity index (χ3n) is 3.68. The fourth-order valence-corrected chi connectivity index (χ4v) is 2.54. The first-order valence-corrected chi connectivity index (χ1v) is 7.75. The van der Waals surface area contributed by atoms with Gasteiger partial charge in [-0.3, -0.25) is 4.79 Å². The first kappa shape index (κ1) is 16.4. The van der Waals surface area contributed by atoms with Crippen LogP contribution in [0, 0.1) is 5.92 Å². The fourth-order valence-electron chi connectivity index (χ4n) is 2.54. The summed E-state index contributed by atoms with van der Waals surface area (Å²) in [5.74, 6) is 0.756. The van der Waals surface area contributed by atoms with Crippen LogP contribution in [-0.2, 0) is 4.79 Å². The summed E-state index contributed by atoms with van der Waals surface area (Å²) in [6, 6.07) is 0.258. The third kappa shape index (κ3) is 6.92. The molecule has 0 aliphatic carbocycles. The zero-order chi connectivity index (χ0) is 14.3. The molecule has 2 unspecified atom stereocenters. The summed E-state index contributed by atoms with van der Waals surface area (Å²) in [6.07, 6.45) is 3.68. The molecule has 4 nitrogen and oxygen atoms in total. The summed E-state index contributed by atoms with van der Waals surface area (Å²) in [6.45, 7) is 12.7. The van der Waals surface area contributed by atoms with Crippen molar-refractivity contribution in [1.29, 1.82) is 0 Å². The van der Waals surface area contributed by atoms with E-state index in [1.165, 1.54) is 25.9 Å². The standard InChI is InChI=1S/C15H31N3O/c1-12(2)7-8-16-15(19)14(4)17-13(3)11-18-9-5-6-10-18/h12-14,17H,5-11H2,1-4H3,(H,16,19). The van der Waals surface area contributed by atoms with Crippen LogP contribution < -0.4 is 10.6 Å². The Kier molecular flexibility index (Phi) is 7.39. The SMILES string of the molecule is CC(C)CCNC(=O)C(C)NC(C)CN1CCCC1. The molecule has 2 atom stereocenters. The number of hydrogen-bond donors (Lipinski definition) is 2. The minimum absolute atomic E-state index is 0.107. The molecule has 1 aliphatic rings. The molecule has 1 heterocycles. The zero-order valence-electron chi connectivity index (χ0n) is 13.0. The minimum atomic E-state index is -0.107. The molecular formula is C15H31N3O. The normalized spacial score (nSPS) is 19.6. The second-order valence-electron chi connectivity index (χ2n) is 6.27. The maximum absolute atomic E-state index is 11.9. The van der Waals surface area contributed by atoms with Gasteiger partial charge in [0.05, 0.1) is 6.04 Å². The highest BCUT2D eigenvalue weighted by atomic mass is 16.2. The van der Waals surface area contributed by atoms with E-state index < -0.39 is 0 Å². The molecule has 2 N–H and O–H groups in total. The van der Waals surface area contributed by atoms with E-state index in [0.717, 1.165) is 19.5 Å². The Morgan fingerprint density at radius 2 is 1.79 bits per heavy atom. The molecule has 0 radical (unpaired) electrons. The molecule has 1 rings (SSSR count). The van der Waals surface area contributed by atoms with Gasteiger partial charge in [-0.25, -0.2) is 0 Å². The zero-order valence-corrected chi connectivity index (χ0v) is 13.0. The first-order valence-electron chi connectivity index (χ1n) is 7.75. The van der Waals surface area contributed by atoms with Crippen molar-refractivity contribution in [3.05, 3.63) is 0 Å². The number of rotatable bonds is 8. The summed E-state index contributed by atoms with van der Waals surface area (Å²) >= 11 is 0. The Bertz CT molecular complexity index is 262. The Hall–Kier alpha value is -0.610. The van der Waals surface area contributed by atoms with Gasteiger partial charge < -0.3 is 15.5 Å². The average Bonchev–Trinajstić information content (AvgIpc) is 2.80. The van der Waals surface area contributed by atoms with Crippen molar-refractivity contribution >= 4 is 5.91 Å². The lowest BCUT2D eigenvalue weighted by Crippen LogP contribution is -2.49. The molecule has 1 amide bonds. The number of hydrogen-bond acceptors (Lipinski definition) is 3. The summed E-state index contributed by atoms with van der Waals surface area (Å²) in [5, 5.41) is 6.39.